The summed E-state index contributed by atoms with van der Waals surface area (Å²) < 4.78 is 29.7. The monoisotopic (exact) mass is 343 g/mol. The predicted octanol–water partition coefficient (Wildman–Crippen LogP) is 3.19. The molecule has 0 amide bonds. The van der Waals surface area contributed by atoms with Crippen molar-refractivity contribution in [1.82, 2.24) is 10.2 Å². The van der Waals surface area contributed by atoms with Crippen molar-refractivity contribution in [3.05, 3.63) is 29.8 Å². The molecule has 0 aromatic heterocycles. The fraction of sp³-hybridized carbons (Fsp3) is 0.562. The van der Waals surface area contributed by atoms with Gasteiger partial charge in [-0.25, -0.2) is 0 Å². The average molecular weight is 343 g/mol. The van der Waals surface area contributed by atoms with Crippen molar-refractivity contribution in [2.45, 2.75) is 31.8 Å². The third-order valence-corrected chi connectivity index (χ3v) is 4.86. The second-order valence-electron chi connectivity index (χ2n) is 5.92. The summed E-state index contributed by atoms with van der Waals surface area (Å²) in [4.78, 5) is 6.52. The van der Waals surface area contributed by atoms with Crippen LogP contribution in [0.15, 0.2) is 29.3 Å². The van der Waals surface area contributed by atoms with E-state index in [1.807, 2.05) is 11.8 Å². The molecule has 1 aliphatic heterocycles. The Morgan fingerprint density at radius 1 is 1.43 bits per heavy atom. The molecule has 4 nitrogen and oxygen atoms in total. The Morgan fingerprint density at radius 3 is 2.83 bits per heavy atom. The van der Waals surface area contributed by atoms with Crippen LogP contribution in [0.4, 0.5) is 8.78 Å². The number of rotatable bonds is 4. The van der Waals surface area contributed by atoms with Crippen LogP contribution in [0.1, 0.15) is 19.4 Å². The highest BCUT2D eigenvalue weighted by Crippen LogP contribution is 2.29. The lowest BCUT2D eigenvalue weighted by atomic mass is 10.2. The van der Waals surface area contributed by atoms with Crippen molar-refractivity contribution in [2.24, 2.45) is 4.99 Å². The first-order valence-electron chi connectivity index (χ1n) is 7.53. The molecule has 128 valence electrons. The van der Waals surface area contributed by atoms with Crippen LogP contribution in [0.3, 0.4) is 0 Å². The van der Waals surface area contributed by atoms with Gasteiger partial charge >= 0.3 is 6.61 Å². The van der Waals surface area contributed by atoms with Crippen molar-refractivity contribution < 1.29 is 13.5 Å². The van der Waals surface area contributed by atoms with E-state index in [0.717, 1.165) is 24.8 Å². The smallest absolute Gasteiger partial charge is 0.387 e. The Hall–Kier alpha value is -1.50. The molecule has 1 fully saturated rings. The molecule has 0 atom stereocenters. The molecular weight excluding hydrogens is 320 g/mol. The standard InChI is InChI=1S/C16H23F2N3OS/c1-16(2)11-21(8-9-23-16)15(19-3)20-10-12-6-4-5-7-13(12)22-14(17)18/h4-7,14H,8-11H2,1-3H3,(H,19,20). The summed E-state index contributed by atoms with van der Waals surface area (Å²) in [5, 5.41) is 3.25. The molecule has 1 aromatic carbocycles. The van der Waals surface area contributed by atoms with Gasteiger partial charge in [-0.05, 0) is 19.9 Å². The minimum atomic E-state index is -2.82. The summed E-state index contributed by atoms with van der Waals surface area (Å²) in [6.07, 6.45) is 0. The number of nitrogens with one attached hydrogen (secondary N) is 1. The Morgan fingerprint density at radius 2 is 2.17 bits per heavy atom. The molecule has 0 radical (unpaired) electrons. The van der Waals surface area contributed by atoms with Gasteiger partial charge < -0.3 is 15.0 Å². The highest BCUT2D eigenvalue weighted by atomic mass is 32.2. The minimum Gasteiger partial charge on any atom is -0.434 e. The molecule has 1 heterocycles. The Balaban J connectivity index is 2.01. The minimum absolute atomic E-state index is 0.173. The van der Waals surface area contributed by atoms with Crippen molar-refractivity contribution in [2.75, 3.05) is 25.9 Å². The fourth-order valence-corrected chi connectivity index (χ4v) is 3.68. The Bertz CT molecular complexity index is 552. The molecule has 7 heteroatoms. The number of hydrogen-bond acceptors (Lipinski definition) is 3. The number of hydrogen-bond donors (Lipinski definition) is 1. The van der Waals surface area contributed by atoms with Crippen LogP contribution in [0.25, 0.3) is 0 Å². The van der Waals surface area contributed by atoms with Gasteiger partial charge in [0.05, 0.1) is 0 Å². The number of aliphatic imine (C=N–C) groups is 1. The number of ether oxygens (including phenoxy) is 1. The van der Waals surface area contributed by atoms with Crippen molar-refractivity contribution in [1.29, 1.82) is 0 Å². The van der Waals surface area contributed by atoms with Gasteiger partial charge in [-0.3, -0.25) is 4.99 Å². The van der Waals surface area contributed by atoms with E-state index < -0.39 is 6.61 Å². The molecule has 0 bridgehead atoms. The molecule has 1 saturated heterocycles. The van der Waals surface area contributed by atoms with Gasteiger partial charge in [-0.15, -0.1) is 0 Å². The van der Waals surface area contributed by atoms with Crippen LogP contribution in [-0.2, 0) is 6.54 Å². The summed E-state index contributed by atoms with van der Waals surface area (Å²) in [6.45, 7) is 3.80. The maximum absolute atomic E-state index is 12.5. The van der Waals surface area contributed by atoms with Crippen LogP contribution in [0.5, 0.6) is 5.75 Å². The summed E-state index contributed by atoms with van der Waals surface area (Å²) in [7, 11) is 1.73. The van der Waals surface area contributed by atoms with Crippen molar-refractivity contribution >= 4 is 17.7 Å². The molecule has 1 aliphatic rings. The molecule has 23 heavy (non-hydrogen) atoms. The SMILES string of the molecule is CN=C(NCc1ccccc1OC(F)F)N1CCSC(C)(C)C1. The first kappa shape index (κ1) is 17.8. The second kappa shape index (κ2) is 7.86. The summed E-state index contributed by atoms with van der Waals surface area (Å²) in [6, 6.07) is 6.81. The predicted molar refractivity (Wildman–Crippen MR) is 91.4 cm³/mol. The largest absolute Gasteiger partial charge is 0.434 e. The number of thioether (sulfide) groups is 1. The molecule has 1 N–H and O–H groups in total. The van der Waals surface area contributed by atoms with E-state index in [2.05, 4.69) is 33.8 Å². The van der Waals surface area contributed by atoms with Crippen molar-refractivity contribution in [3.8, 4) is 5.75 Å². The van der Waals surface area contributed by atoms with Gasteiger partial charge in [0.2, 0.25) is 0 Å². The lowest BCUT2D eigenvalue weighted by Crippen LogP contribution is -2.50. The third-order valence-electron chi connectivity index (χ3n) is 3.56. The normalized spacial score (nSPS) is 18.2. The number of halogens is 2. The van der Waals surface area contributed by atoms with Crippen molar-refractivity contribution in [3.63, 3.8) is 0 Å². The summed E-state index contributed by atoms with van der Waals surface area (Å²) in [5.41, 5.74) is 0.680. The lowest BCUT2D eigenvalue weighted by molar-refractivity contribution is -0.0504. The first-order valence-corrected chi connectivity index (χ1v) is 8.52. The van der Waals surface area contributed by atoms with E-state index in [1.165, 1.54) is 0 Å². The molecule has 0 aliphatic carbocycles. The number of alkyl halides is 2. The van der Waals surface area contributed by atoms with Gasteiger partial charge in [-0.2, -0.15) is 20.5 Å². The first-order chi connectivity index (χ1) is 10.9. The van der Waals surface area contributed by atoms with E-state index in [1.54, 1.807) is 31.3 Å². The van der Waals surface area contributed by atoms with Gasteiger partial charge in [0.1, 0.15) is 5.75 Å². The van der Waals surface area contributed by atoms with Gasteiger partial charge in [0.15, 0.2) is 5.96 Å². The Kier molecular flexibility index (Phi) is 6.10. The van der Waals surface area contributed by atoms with Gasteiger partial charge in [0, 0.05) is 42.7 Å². The van der Waals surface area contributed by atoms with E-state index in [0.29, 0.717) is 12.1 Å². The fourth-order valence-electron chi connectivity index (χ4n) is 2.56. The second-order valence-corrected chi connectivity index (χ2v) is 7.72. The topological polar surface area (TPSA) is 36.9 Å². The van der Waals surface area contributed by atoms with Gasteiger partial charge in [0.25, 0.3) is 0 Å². The highest BCUT2D eigenvalue weighted by Gasteiger charge is 2.28. The third kappa shape index (κ3) is 5.27. The molecule has 0 spiro atoms. The van der Waals surface area contributed by atoms with Crippen LogP contribution in [0, 0.1) is 0 Å². The quantitative estimate of drug-likeness (QED) is 0.673. The van der Waals surface area contributed by atoms with E-state index in [9.17, 15) is 8.78 Å². The number of para-hydroxylation sites is 1. The molecule has 2 rings (SSSR count). The Labute approximate surface area is 140 Å². The highest BCUT2D eigenvalue weighted by molar-refractivity contribution is 8.00. The lowest BCUT2D eigenvalue weighted by Gasteiger charge is -2.39. The number of benzene rings is 1. The molecule has 0 unspecified atom stereocenters. The molecule has 1 aromatic rings. The summed E-state index contributed by atoms with van der Waals surface area (Å²) >= 11 is 1.95. The number of guanidine groups is 1. The zero-order valence-corrected chi connectivity index (χ0v) is 14.5. The molecule has 0 saturated carbocycles. The maximum Gasteiger partial charge on any atom is 0.387 e. The zero-order chi connectivity index (χ0) is 16.9. The van der Waals surface area contributed by atoms with Gasteiger partial charge in [-0.1, -0.05) is 18.2 Å². The van der Waals surface area contributed by atoms with E-state index >= 15 is 0 Å². The van der Waals surface area contributed by atoms with Crippen LogP contribution >= 0.6 is 11.8 Å². The number of nitrogens with zero attached hydrogens (tertiary/aromatic N) is 2. The van der Waals surface area contributed by atoms with E-state index in [4.69, 9.17) is 0 Å². The van der Waals surface area contributed by atoms with Crippen LogP contribution in [0.2, 0.25) is 0 Å². The average Bonchev–Trinajstić information content (AvgIpc) is 2.48. The zero-order valence-electron chi connectivity index (χ0n) is 13.7. The van der Waals surface area contributed by atoms with E-state index in [-0.39, 0.29) is 10.5 Å². The summed E-state index contributed by atoms with van der Waals surface area (Å²) in [5.74, 6) is 2.02. The van der Waals surface area contributed by atoms with Crippen LogP contribution < -0.4 is 10.1 Å². The molecular formula is C16H23F2N3OS. The maximum atomic E-state index is 12.5. The van der Waals surface area contributed by atoms with Crippen LogP contribution in [-0.4, -0.2) is 48.1 Å².